The number of hydrogen-bond donors (Lipinski definition) is 0. The van der Waals surface area contributed by atoms with E-state index >= 15 is 0 Å². The summed E-state index contributed by atoms with van der Waals surface area (Å²) in [5.41, 5.74) is 4.24. The van der Waals surface area contributed by atoms with Crippen LogP contribution in [0.5, 0.6) is 23.3 Å². The Morgan fingerprint density at radius 3 is 2.47 bits per heavy atom. The van der Waals surface area contributed by atoms with Crippen LogP contribution in [0.1, 0.15) is 23.6 Å². The molecule has 5 heterocycles. The lowest BCUT2D eigenvalue weighted by Gasteiger charge is -2.32. The molecule has 1 atom stereocenters. The maximum absolute atomic E-state index is 13.5. The summed E-state index contributed by atoms with van der Waals surface area (Å²) in [7, 11) is 3.69. The zero-order chi connectivity index (χ0) is 40.6. The number of halogens is 2. The van der Waals surface area contributed by atoms with Crippen LogP contribution in [0.15, 0.2) is 73.3 Å². The van der Waals surface area contributed by atoms with Crippen LogP contribution in [-0.2, 0) is 22.6 Å². The number of methoxy groups -OCH3 is 1. The molecule has 2 aromatic carbocycles. The number of carbonyl (C=O) groups excluding carboxylic acids is 1. The van der Waals surface area contributed by atoms with E-state index in [1.807, 2.05) is 49.4 Å². The molecule has 16 heteroatoms. The molecule has 0 unspecified atom stereocenters. The van der Waals surface area contributed by atoms with Gasteiger partial charge in [0.15, 0.2) is 5.82 Å². The number of ether oxygens (including phenoxy) is 5. The normalized spacial score (nSPS) is 14.0. The van der Waals surface area contributed by atoms with Crippen LogP contribution in [0, 0.1) is 6.92 Å². The van der Waals surface area contributed by atoms with Crippen molar-refractivity contribution >= 4 is 50.8 Å². The molecule has 4 aromatic heterocycles. The van der Waals surface area contributed by atoms with Crippen LogP contribution in [-0.4, -0.2) is 106 Å². The number of esters is 1. The van der Waals surface area contributed by atoms with E-state index in [1.165, 1.54) is 11.5 Å². The number of piperazine rings is 1. The number of hydrogen-bond acceptors (Lipinski definition) is 14. The molecule has 0 saturated carbocycles. The first kappa shape index (κ1) is 41.1. The number of para-hydroxylation sites is 1. The minimum atomic E-state index is -1.08. The zero-order valence-corrected chi connectivity index (χ0v) is 34.9. The third-order valence-electron chi connectivity index (χ3n) is 9.81. The van der Waals surface area contributed by atoms with Gasteiger partial charge in [0, 0.05) is 75.1 Å². The summed E-state index contributed by atoms with van der Waals surface area (Å²) in [5.74, 6) is 1.74. The fourth-order valence-electron chi connectivity index (χ4n) is 6.62. The predicted molar refractivity (Wildman–Crippen MR) is 224 cm³/mol. The molecule has 13 nitrogen and oxygen atoms in total. The first-order valence-electron chi connectivity index (χ1n) is 18.8. The van der Waals surface area contributed by atoms with Gasteiger partial charge in [-0.3, -0.25) is 4.90 Å². The smallest absolute Gasteiger partial charge is 0.347 e. The highest BCUT2D eigenvalue weighted by atomic mass is 35.5. The summed E-state index contributed by atoms with van der Waals surface area (Å²) < 4.78 is 35.1. The van der Waals surface area contributed by atoms with Crippen molar-refractivity contribution in [2.24, 2.45) is 0 Å². The van der Waals surface area contributed by atoms with Gasteiger partial charge in [0.2, 0.25) is 17.9 Å². The topological polar surface area (TPSA) is 134 Å². The highest BCUT2D eigenvalue weighted by molar-refractivity contribution is 7.13. The molecule has 0 spiro atoms. The average Bonchev–Trinajstić information content (AvgIpc) is 3.65. The van der Waals surface area contributed by atoms with Gasteiger partial charge in [-0.05, 0) is 73.4 Å². The number of benzene rings is 2. The monoisotopic (exact) mass is 843 g/mol. The van der Waals surface area contributed by atoms with Crippen molar-refractivity contribution in [3.05, 3.63) is 100 Å². The molecule has 1 fully saturated rings. The molecule has 0 radical (unpaired) electrons. The van der Waals surface area contributed by atoms with Gasteiger partial charge in [0.05, 0.1) is 34.4 Å². The molecule has 58 heavy (non-hydrogen) atoms. The number of nitrogens with zero attached hydrogens (tertiary/aromatic N) is 7. The molecular formula is C42H43Cl2N7O6S. The number of likely N-dealkylation sites (N-methyl/N-ethyl adjacent to an activating group) is 1. The van der Waals surface area contributed by atoms with E-state index in [2.05, 4.69) is 41.2 Å². The molecule has 0 N–H and O–H groups in total. The van der Waals surface area contributed by atoms with Crippen molar-refractivity contribution in [1.29, 1.82) is 0 Å². The molecule has 0 amide bonds. The first-order chi connectivity index (χ1) is 28.2. The summed E-state index contributed by atoms with van der Waals surface area (Å²) in [4.78, 5) is 35.9. The summed E-state index contributed by atoms with van der Waals surface area (Å²) in [6.45, 7) is 9.43. The Morgan fingerprint density at radius 2 is 1.69 bits per heavy atom. The Balaban J connectivity index is 1.10. The molecule has 6 aromatic rings. The number of rotatable bonds is 16. The highest BCUT2D eigenvalue weighted by Gasteiger charge is 2.29. The van der Waals surface area contributed by atoms with Crippen LogP contribution in [0.25, 0.3) is 32.6 Å². The SMILES string of the molecule is CCOC(=O)[C@@H](Cc1ccccc1OCc1cnc(-c2cccnc2OC)nc1)Oc1nsc2cnc(Cl)c(-c3ccc(OCCN4CCN(C)CC4)c(Cl)c3C)c12. The van der Waals surface area contributed by atoms with Crippen LogP contribution >= 0.6 is 34.7 Å². The first-order valence-corrected chi connectivity index (χ1v) is 20.4. The van der Waals surface area contributed by atoms with Gasteiger partial charge < -0.3 is 28.6 Å². The highest BCUT2D eigenvalue weighted by Crippen LogP contribution is 2.45. The Labute approximate surface area is 351 Å². The van der Waals surface area contributed by atoms with Crippen molar-refractivity contribution < 1.29 is 28.5 Å². The lowest BCUT2D eigenvalue weighted by atomic mass is 9.99. The summed E-state index contributed by atoms with van der Waals surface area (Å²) in [6, 6.07) is 14.9. The fourth-order valence-corrected chi connectivity index (χ4v) is 7.78. The van der Waals surface area contributed by atoms with E-state index in [1.54, 1.807) is 44.9 Å². The second-order valence-corrected chi connectivity index (χ2v) is 15.2. The number of carbonyl (C=O) groups is 1. The van der Waals surface area contributed by atoms with E-state index < -0.39 is 12.1 Å². The minimum absolute atomic E-state index is 0.128. The van der Waals surface area contributed by atoms with Crippen LogP contribution in [0.3, 0.4) is 0 Å². The molecule has 7 rings (SSSR count). The van der Waals surface area contributed by atoms with E-state index in [4.69, 9.17) is 46.9 Å². The molecule has 1 aliphatic heterocycles. The van der Waals surface area contributed by atoms with E-state index in [0.29, 0.717) is 51.3 Å². The minimum Gasteiger partial charge on any atom is -0.491 e. The van der Waals surface area contributed by atoms with Crippen LogP contribution in [0.4, 0.5) is 0 Å². The van der Waals surface area contributed by atoms with Crippen LogP contribution in [0.2, 0.25) is 10.2 Å². The zero-order valence-electron chi connectivity index (χ0n) is 32.6. The second-order valence-electron chi connectivity index (χ2n) is 13.6. The Morgan fingerprint density at radius 1 is 0.897 bits per heavy atom. The maximum atomic E-state index is 13.5. The number of fused-ring (bicyclic) bond motifs is 1. The Kier molecular flexibility index (Phi) is 13.5. The largest absolute Gasteiger partial charge is 0.491 e. The summed E-state index contributed by atoms with van der Waals surface area (Å²) in [5, 5.41) is 1.33. The summed E-state index contributed by atoms with van der Waals surface area (Å²) in [6.07, 6.45) is 5.73. The number of pyridine rings is 2. The van der Waals surface area contributed by atoms with Crippen LogP contribution < -0.4 is 18.9 Å². The molecule has 302 valence electrons. The maximum Gasteiger partial charge on any atom is 0.347 e. The molecule has 1 aliphatic rings. The molecule has 0 aliphatic carbocycles. The Bertz CT molecular complexity index is 2360. The van der Waals surface area contributed by atoms with Gasteiger partial charge in [0.1, 0.15) is 29.9 Å². The van der Waals surface area contributed by atoms with Crippen molar-refractivity contribution in [2.45, 2.75) is 33.0 Å². The van der Waals surface area contributed by atoms with E-state index in [9.17, 15) is 4.79 Å². The molecular weight excluding hydrogens is 801 g/mol. The lowest BCUT2D eigenvalue weighted by Crippen LogP contribution is -2.45. The van der Waals surface area contributed by atoms with Crippen molar-refractivity contribution in [3.8, 4) is 45.8 Å². The van der Waals surface area contributed by atoms with Crippen molar-refractivity contribution in [1.82, 2.24) is 34.1 Å². The van der Waals surface area contributed by atoms with Gasteiger partial charge in [-0.1, -0.05) is 47.5 Å². The fraction of sp³-hybridized carbons (Fsp3) is 0.333. The van der Waals surface area contributed by atoms with E-state index in [-0.39, 0.29) is 30.7 Å². The summed E-state index contributed by atoms with van der Waals surface area (Å²) >= 11 is 15.0. The standard InChI is InChI=1S/C42H43Cl2N7O6S/c1-5-54-42(52)33(21-28-9-6-7-11-31(28)56-25-27-22-47-39(48-23-27)30-10-8-14-45-40(30)53-4)57-41-36-34(58-49-41)24-46-38(44)35(36)29-12-13-32(37(43)26(29)2)55-20-19-51-17-15-50(3)16-18-51/h6-14,22-24,33H,5,15-21,25H2,1-4H3/t33-/m1/s1. The third-order valence-corrected chi connectivity index (χ3v) is 11.3. The number of aromatic nitrogens is 5. The van der Waals surface area contributed by atoms with Gasteiger partial charge in [-0.15, -0.1) is 0 Å². The predicted octanol–water partition coefficient (Wildman–Crippen LogP) is 7.59. The molecule has 0 bridgehead atoms. The van der Waals surface area contributed by atoms with Gasteiger partial charge in [0.25, 0.3) is 0 Å². The third kappa shape index (κ3) is 9.43. The van der Waals surface area contributed by atoms with Gasteiger partial charge >= 0.3 is 5.97 Å². The lowest BCUT2D eigenvalue weighted by molar-refractivity contribution is -0.151. The van der Waals surface area contributed by atoms with Gasteiger partial charge in [-0.25, -0.2) is 24.7 Å². The van der Waals surface area contributed by atoms with Gasteiger partial charge in [-0.2, -0.15) is 4.37 Å². The quantitative estimate of drug-likeness (QED) is 0.0701. The Hall–Kier alpha value is -5.12. The molecule has 1 saturated heterocycles. The van der Waals surface area contributed by atoms with Crippen molar-refractivity contribution in [3.63, 3.8) is 0 Å². The second kappa shape index (κ2) is 19.1. The average molecular weight is 845 g/mol. The van der Waals surface area contributed by atoms with E-state index in [0.717, 1.165) is 59.7 Å². The van der Waals surface area contributed by atoms with Crippen molar-refractivity contribution in [2.75, 3.05) is 60.1 Å².